The van der Waals surface area contributed by atoms with Gasteiger partial charge in [-0.25, -0.2) is 4.79 Å². The van der Waals surface area contributed by atoms with E-state index in [-0.39, 0.29) is 23.6 Å². The van der Waals surface area contributed by atoms with Crippen LogP contribution in [0.2, 0.25) is 0 Å². The van der Waals surface area contributed by atoms with Crippen LogP contribution in [0.15, 0.2) is 30.3 Å². The highest BCUT2D eigenvalue weighted by molar-refractivity contribution is 6.21. The number of amides is 1. The molecule has 20 heavy (non-hydrogen) atoms. The van der Waals surface area contributed by atoms with Gasteiger partial charge < -0.3 is 10.1 Å². The minimum Gasteiger partial charge on any atom is -0.444 e. The molecule has 1 aromatic carbocycles. The highest BCUT2D eigenvalue weighted by Crippen LogP contribution is 2.37. The molecule has 1 saturated carbocycles. The molecule has 1 heterocycles. The highest BCUT2D eigenvalue weighted by Gasteiger charge is 2.43. The molecule has 108 valence electrons. The first-order valence-electron chi connectivity index (χ1n) is 7.42. The van der Waals surface area contributed by atoms with Gasteiger partial charge in [0.15, 0.2) is 0 Å². The zero-order valence-corrected chi connectivity index (χ0v) is 12.2. The molecule has 3 rings (SSSR count). The van der Waals surface area contributed by atoms with E-state index < -0.39 is 0 Å². The zero-order valence-electron chi connectivity index (χ0n) is 11.4. The molecule has 0 radical (unpaired) electrons. The lowest BCUT2D eigenvalue weighted by molar-refractivity contribution is 0.0731. The number of carbonyl (C=O) groups is 1. The van der Waals surface area contributed by atoms with Gasteiger partial charge in [0.05, 0.1) is 11.4 Å². The first-order chi connectivity index (χ1) is 9.75. The first kappa shape index (κ1) is 13.7. The normalized spacial score (nSPS) is 28.8. The van der Waals surface area contributed by atoms with Crippen LogP contribution in [-0.4, -0.2) is 18.2 Å². The molecule has 0 unspecified atom stereocenters. The smallest absolute Gasteiger partial charge is 0.407 e. The van der Waals surface area contributed by atoms with Gasteiger partial charge in [-0.1, -0.05) is 49.6 Å². The lowest BCUT2D eigenvalue weighted by Gasteiger charge is -2.31. The van der Waals surface area contributed by atoms with Crippen LogP contribution in [0.1, 0.15) is 43.0 Å². The SMILES string of the molecule is O=C1N[C@H]([C@@H](Cl)c2ccccc2)[C@H](C2CCCCC2)O1. The summed E-state index contributed by atoms with van der Waals surface area (Å²) in [6, 6.07) is 9.78. The van der Waals surface area contributed by atoms with Crippen molar-refractivity contribution >= 4 is 17.7 Å². The molecule has 1 N–H and O–H groups in total. The number of benzene rings is 1. The Balaban J connectivity index is 1.77. The van der Waals surface area contributed by atoms with E-state index in [4.69, 9.17) is 16.3 Å². The summed E-state index contributed by atoms with van der Waals surface area (Å²) in [6.45, 7) is 0. The number of nitrogens with one attached hydrogen (secondary N) is 1. The van der Waals surface area contributed by atoms with Crippen molar-refractivity contribution in [1.29, 1.82) is 0 Å². The van der Waals surface area contributed by atoms with Gasteiger partial charge >= 0.3 is 6.09 Å². The van der Waals surface area contributed by atoms with Crippen molar-refractivity contribution in [3.63, 3.8) is 0 Å². The van der Waals surface area contributed by atoms with Crippen LogP contribution in [0.5, 0.6) is 0 Å². The Morgan fingerprint density at radius 1 is 1.15 bits per heavy atom. The maximum atomic E-state index is 11.7. The molecule has 1 amide bonds. The van der Waals surface area contributed by atoms with E-state index in [9.17, 15) is 4.79 Å². The molecule has 2 fully saturated rings. The fourth-order valence-electron chi connectivity index (χ4n) is 3.39. The predicted molar refractivity (Wildman–Crippen MR) is 78.8 cm³/mol. The topological polar surface area (TPSA) is 38.3 Å². The Bertz CT molecular complexity index is 459. The van der Waals surface area contributed by atoms with E-state index >= 15 is 0 Å². The quantitative estimate of drug-likeness (QED) is 0.855. The first-order valence-corrected chi connectivity index (χ1v) is 7.85. The highest BCUT2D eigenvalue weighted by atomic mass is 35.5. The van der Waals surface area contributed by atoms with Gasteiger partial charge in [0.25, 0.3) is 0 Å². The number of hydrogen-bond acceptors (Lipinski definition) is 2. The van der Waals surface area contributed by atoms with Crippen molar-refractivity contribution in [2.45, 2.75) is 49.6 Å². The third-order valence-electron chi connectivity index (χ3n) is 4.43. The molecule has 0 bridgehead atoms. The molecule has 0 spiro atoms. The Labute approximate surface area is 124 Å². The number of hydrogen-bond donors (Lipinski definition) is 1. The standard InChI is InChI=1S/C16H20ClNO2/c17-13(11-7-3-1-4-8-11)14-15(20-16(19)18-14)12-9-5-2-6-10-12/h1,3-4,7-8,12-15H,2,5-6,9-10H2,(H,18,19)/t13-,14+,15-/m0/s1. The lowest BCUT2D eigenvalue weighted by Crippen LogP contribution is -2.40. The molecule has 1 aliphatic heterocycles. The maximum Gasteiger partial charge on any atom is 0.407 e. The summed E-state index contributed by atoms with van der Waals surface area (Å²) >= 11 is 6.60. The van der Waals surface area contributed by atoms with Crippen molar-refractivity contribution in [3.8, 4) is 0 Å². The summed E-state index contributed by atoms with van der Waals surface area (Å²) in [6.07, 6.45) is 5.59. The summed E-state index contributed by atoms with van der Waals surface area (Å²) in [5.74, 6) is 0.442. The molecule has 1 aliphatic carbocycles. The van der Waals surface area contributed by atoms with E-state index in [1.807, 2.05) is 30.3 Å². The van der Waals surface area contributed by atoms with E-state index in [0.29, 0.717) is 5.92 Å². The summed E-state index contributed by atoms with van der Waals surface area (Å²) in [7, 11) is 0. The molecule has 4 heteroatoms. The minimum atomic E-state index is -0.327. The van der Waals surface area contributed by atoms with Crippen LogP contribution < -0.4 is 5.32 Å². The molecule has 1 aromatic rings. The Morgan fingerprint density at radius 3 is 2.55 bits per heavy atom. The van der Waals surface area contributed by atoms with Gasteiger partial charge in [-0.05, 0) is 24.3 Å². The van der Waals surface area contributed by atoms with Gasteiger partial charge in [-0.3, -0.25) is 0 Å². The van der Waals surface area contributed by atoms with E-state index in [0.717, 1.165) is 18.4 Å². The third-order valence-corrected chi connectivity index (χ3v) is 4.95. The second-order valence-electron chi connectivity index (χ2n) is 5.75. The van der Waals surface area contributed by atoms with Gasteiger partial charge in [0.1, 0.15) is 6.10 Å². The Morgan fingerprint density at radius 2 is 1.85 bits per heavy atom. The number of carbonyl (C=O) groups excluding carboxylic acids is 1. The molecular formula is C16H20ClNO2. The van der Waals surface area contributed by atoms with Crippen LogP contribution in [0.4, 0.5) is 4.79 Å². The van der Waals surface area contributed by atoms with Crippen molar-refractivity contribution < 1.29 is 9.53 Å². The summed E-state index contributed by atoms with van der Waals surface area (Å²) in [4.78, 5) is 11.7. The van der Waals surface area contributed by atoms with E-state index in [1.165, 1.54) is 19.3 Å². The van der Waals surface area contributed by atoms with Crippen molar-refractivity contribution in [2.75, 3.05) is 0 Å². The monoisotopic (exact) mass is 293 g/mol. The minimum absolute atomic E-state index is 0.0921. The van der Waals surface area contributed by atoms with Crippen LogP contribution in [0, 0.1) is 5.92 Å². The summed E-state index contributed by atoms with van der Waals surface area (Å²) in [5.41, 5.74) is 1.03. The average Bonchev–Trinajstić information content (AvgIpc) is 2.90. The lowest BCUT2D eigenvalue weighted by atomic mass is 9.81. The van der Waals surface area contributed by atoms with Crippen LogP contribution in [0.3, 0.4) is 0 Å². The van der Waals surface area contributed by atoms with Crippen LogP contribution in [-0.2, 0) is 4.74 Å². The molecule has 2 aliphatic rings. The largest absolute Gasteiger partial charge is 0.444 e. The molecule has 0 aromatic heterocycles. The van der Waals surface area contributed by atoms with Gasteiger partial charge in [0, 0.05) is 0 Å². The summed E-state index contributed by atoms with van der Waals surface area (Å²) < 4.78 is 5.52. The van der Waals surface area contributed by atoms with E-state index in [2.05, 4.69) is 5.32 Å². The number of alkyl carbamates (subject to hydrolysis) is 1. The predicted octanol–water partition coefficient (Wildman–Crippen LogP) is 4.02. The van der Waals surface area contributed by atoms with Crippen LogP contribution >= 0.6 is 11.6 Å². The second-order valence-corrected chi connectivity index (χ2v) is 6.22. The maximum absolute atomic E-state index is 11.7. The molecule has 3 atom stereocenters. The third kappa shape index (κ3) is 2.78. The van der Waals surface area contributed by atoms with Crippen molar-refractivity contribution in [3.05, 3.63) is 35.9 Å². The molecule has 1 saturated heterocycles. The number of halogens is 1. The fraction of sp³-hybridized carbons (Fsp3) is 0.562. The fourth-order valence-corrected chi connectivity index (χ4v) is 3.74. The Kier molecular flexibility index (Phi) is 4.16. The average molecular weight is 294 g/mol. The number of rotatable bonds is 3. The van der Waals surface area contributed by atoms with Gasteiger partial charge in [-0.2, -0.15) is 0 Å². The van der Waals surface area contributed by atoms with Crippen LogP contribution in [0.25, 0.3) is 0 Å². The number of ether oxygens (including phenoxy) is 1. The zero-order chi connectivity index (χ0) is 13.9. The molecule has 3 nitrogen and oxygen atoms in total. The van der Waals surface area contributed by atoms with E-state index in [1.54, 1.807) is 0 Å². The number of cyclic esters (lactones) is 1. The van der Waals surface area contributed by atoms with Gasteiger partial charge in [-0.15, -0.1) is 11.6 Å². The molecular weight excluding hydrogens is 274 g/mol. The van der Waals surface area contributed by atoms with Gasteiger partial charge in [0.2, 0.25) is 0 Å². The second kappa shape index (κ2) is 6.04. The Hall–Kier alpha value is -1.22. The van der Waals surface area contributed by atoms with Crippen molar-refractivity contribution in [2.24, 2.45) is 5.92 Å². The summed E-state index contributed by atoms with van der Waals surface area (Å²) in [5, 5.41) is 2.67. The number of alkyl halides is 1. The van der Waals surface area contributed by atoms with Crippen molar-refractivity contribution in [1.82, 2.24) is 5.32 Å².